The predicted octanol–water partition coefficient (Wildman–Crippen LogP) is 6.61. The summed E-state index contributed by atoms with van der Waals surface area (Å²) in [7, 11) is 0.746. The van der Waals surface area contributed by atoms with Crippen molar-refractivity contribution in [1.82, 2.24) is 0 Å². The molecule has 0 aromatic carbocycles. The Morgan fingerprint density at radius 1 is 0.620 bits per heavy atom. The number of unbranched alkanes of at least 4 members (excludes halogenated alkanes) is 1. The molecule has 0 bridgehead atoms. The maximum atomic E-state index is 10.2. The van der Waals surface area contributed by atoms with Crippen LogP contribution >= 0.6 is 0 Å². The summed E-state index contributed by atoms with van der Waals surface area (Å²) in [6.45, 7) is 33.2. The first-order valence-electron chi connectivity index (χ1n) is 17.4. The highest BCUT2D eigenvalue weighted by molar-refractivity contribution is 7.85. The van der Waals surface area contributed by atoms with Crippen LogP contribution in [-0.2, 0) is 52.9 Å². The van der Waals surface area contributed by atoms with Gasteiger partial charge < -0.3 is 42.8 Å². The maximum absolute atomic E-state index is 10.2. The van der Waals surface area contributed by atoms with Crippen LogP contribution in [0.4, 0.5) is 0 Å². The molecule has 14 heteroatoms. The quantitative estimate of drug-likeness (QED) is 0.101. The number of hydrogen-bond acceptors (Lipinski definition) is 13. The molecular formula is C36H81O13S-. The number of ether oxygens (including phenoxy) is 7. The molecule has 1 atom stereocenters. The molecule has 0 spiro atoms. The first-order valence-corrected chi connectivity index (χ1v) is 18.9. The van der Waals surface area contributed by atoms with Gasteiger partial charge in [-0.25, -0.2) is 8.42 Å². The average molecular weight is 754 g/mol. The van der Waals surface area contributed by atoms with Gasteiger partial charge in [0.05, 0.1) is 71.3 Å². The molecule has 310 valence electrons. The zero-order valence-electron chi connectivity index (χ0n) is 35.6. The number of carbonyl (C=O) groups excluding carboxylic acids is 2. The number of esters is 1. The highest BCUT2D eigenvalue weighted by Crippen LogP contribution is 1.95. The van der Waals surface area contributed by atoms with Crippen molar-refractivity contribution < 1.29 is 60.8 Å². The van der Waals surface area contributed by atoms with Gasteiger partial charge >= 0.3 is 5.97 Å². The van der Waals surface area contributed by atoms with E-state index in [1.54, 1.807) is 35.2 Å². The van der Waals surface area contributed by atoms with Crippen LogP contribution in [0.5, 0.6) is 0 Å². The van der Waals surface area contributed by atoms with Crippen LogP contribution in [0.2, 0.25) is 0 Å². The number of Topliss-reactive ketones (excluding diaryl/α,β-unsaturated/α-hetero) is 1. The lowest BCUT2D eigenvalue weighted by atomic mass is 10.3. The third-order valence-corrected chi connectivity index (χ3v) is 5.20. The Hall–Kier alpha value is -1.23. The minimum atomic E-state index is -4.35. The summed E-state index contributed by atoms with van der Waals surface area (Å²) in [4.78, 5) is 20.3. The van der Waals surface area contributed by atoms with Crippen LogP contribution < -0.4 is 0 Å². The standard InChI is InChI=1S/C7H16O.C6H14O5S.C6H12O2.C5H10O2.3C4H10O/c1-4-5-6-8-7(2)3;1-5(2)11-3-6(7)4-12(8,9)10;1-5(2)8-4-6(3)7;1-4(2)7-5(3)6;3*1-4(2)5-3/h7H,4-6H2,1-3H3;5-7H,3-4H2,1-2H3,(H,8,9,10);5H,4H2,1-3H3;4H,1-3H3;3*4H,1-3H3/p-1. The van der Waals surface area contributed by atoms with E-state index in [-0.39, 0.29) is 43.3 Å². The van der Waals surface area contributed by atoms with Gasteiger partial charge in [-0.1, -0.05) is 13.3 Å². The van der Waals surface area contributed by atoms with E-state index in [0.29, 0.717) is 24.4 Å². The van der Waals surface area contributed by atoms with Crippen molar-refractivity contribution in [2.45, 2.75) is 179 Å². The highest BCUT2D eigenvalue weighted by atomic mass is 32.2. The first kappa shape index (κ1) is 63.8. The number of aliphatic hydroxyl groups is 1. The van der Waals surface area contributed by atoms with E-state index >= 15 is 0 Å². The number of carbonyl (C=O) groups is 2. The second kappa shape index (κ2) is 45.8. The maximum Gasteiger partial charge on any atom is 0.302 e. The Balaban J connectivity index is -0.0000000885. The molecule has 0 aliphatic carbocycles. The summed E-state index contributed by atoms with van der Waals surface area (Å²) >= 11 is 0. The molecule has 0 aromatic heterocycles. The van der Waals surface area contributed by atoms with Gasteiger partial charge in [0.25, 0.3) is 0 Å². The minimum absolute atomic E-state index is 0.0255. The SMILES string of the molecule is CC(=O)COC(C)C.CC(=O)OC(C)C.CC(C)OCC(O)CS(=O)(=O)[O-].CCCCOC(C)C.COC(C)C.COC(C)C.COC(C)C. The number of methoxy groups -OCH3 is 3. The molecule has 0 heterocycles. The molecule has 0 radical (unpaired) electrons. The third-order valence-electron chi connectivity index (χ3n) is 4.40. The largest absolute Gasteiger partial charge is 0.748 e. The van der Waals surface area contributed by atoms with Crippen LogP contribution in [-0.4, -0.2) is 126 Å². The van der Waals surface area contributed by atoms with Gasteiger partial charge in [-0.05, 0) is 110 Å². The molecular weight excluding hydrogens is 672 g/mol. The van der Waals surface area contributed by atoms with Crippen LogP contribution in [0.3, 0.4) is 0 Å². The topological polar surface area (TPSA) is 176 Å². The molecule has 0 amide bonds. The van der Waals surface area contributed by atoms with Crippen molar-refractivity contribution in [1.29, 1.82) is 0 Å². The molecule has 0 saturated heterocycles. The van der Waals surface area contributed by atoms with Gasteiger partial charge in [-0.2, -0.15) is 0 Å². The van der Waals surface area contributed by atoms with E-state index in [2.05, 4.69) is 25.5 Å². The van der Waals surface area contributed by atoms with E-state index in [4.69, 9.17) is 33.5 Å². The fraction of sp³-hybridized carbons (Fsp3) is 0.944. The van der Waals surface area contributed by atoms with Crippen molar-refractivity contribution >= 4 is 21.9 Å². The minimum Gasteiger partial charge on any atom is -0.748 e. The first-order chi connectivity index (χ1) is 22.6. The lowest BCUT2D eigenvalue weighted by molar-refractivity contribution is -0.144. The average Bonchev–Trinajstić information content (AvgIpc) is 2.95. The second-order valence-corrected chi connectivity index (χ2v) is 14.1. The van der Waals surface area contributed by atoms with Crippen LogP contribution in [0.1, 0.15) is 131 Å². The summed E-state index contributed by atoms with van der Waals surface area (Å²) < 4.78 is 64.3. The van der Waals surface area contributed by atoms with E-state index in [9.17, 15) is 22.6 Å². The van der Waals surface area contributed by atoms with E-state index in [1.165, 1.54) is 26.7 Å². The van der Waals surface area contributed by atoms with Crippen LogP contribution in [0.25, 0.3) is 0 Å². The molecule has 0 fully saturated rings. The van der Waals surface area contributed by atoms with E-state index < -0.39 is 22.0 Å². The number of ketones is 1. The van der Waals surface area contributed by atoms with Gasteiger partial charge in [0.2, 0.25) is 0 Å². The molecule has 0 aromatic rings. The number of rotatable bonds is 16. The fourth-order valence-corrected chi connectivity index (χ4v) is 2.23. The Morgan fingerprint density at radius 2 is 0.960 bits per heavy atom. The summed E-state index contributed by atoms with van der Waals surface area (Å²) in [6.07, 6.45) is 2.85. The zero-order chi connectivity index (χ0) is 41.5. The van der Waals surface area contributed by atoms with Gasteiger partial charge in [0.1, 0.15) is 6.61 Å². The Labute approximate surface area is 308 Å². The van der Waals surface area contributed by atoms with Crippen molar-refractivity contribution in [2.24, 2.45) is 0 Å². The monoisotopic (exact) mass is 754 g/mol. The van der Waals surface area contributed by atoms with Gasteiger partial charge in [0.15, 0.2) is 5.78 Å². The Kier molecular flexibility index (Phi) is 58.4. The number of aliphatic hydroxyl groups excluding tert-OH is 1. The van der Waals surface area contributed by atoms with E-state index in [1.807, 2.05) is 69.2 Å². The van der Waals surface area contributed by atoms with Gasteiger partial charge in [-0.15, -0.1) is 0 Å². The molecule has 50 heavy (non-hydrogen) atoms. The summed E-state index contributed by atoms with van der Waals surface area (Å²) in [5, 5.41) is 8.93. The lowest BCUT2D eigenvalue weighted by Gasteiger charge is -2.14. The van der Waals surface area contributed by atoms with Gasteiger partial charge in [0, 0.05) is 34.9 Å². The molecule has 0 aliphatic rings. The van der Waals surface area contributed by atoms with Crippen molar-refractivity contribution in [3.05, 3.63) is 0 Å². The van der Waals surface area contributed by atoms with Crippen molar-refractivity contribution in [3.8, 4) is 0 Å². The zero-order valence-corrected chi connectivity index (χ0v) is 36.4. The Morgan fingerprint density at radius 3 is 1.12 bits per heavy atom. The Bertz CT molecular complexity index is 749. The summed E-state index contributed by atoms with van der Waals surface area (Å²) in [6, 6.07) is 0. The summed E-state index contributed by atoms with van der Waals surface area (Å²) in [5.41, 5.74) is 0. The fourth-order valence-electron chi connectivity index (χ4n) is 1.67. The lowest BCUT2D eigenvalue weighted by Crippen LogP contribution is -2.26. The van der Waals surface area contributed by atoms with Crippen molar-refractivity contribution in [3.63, 3.8) is 0 Å². The van der Waals surface area contributed by atoms with Crippen LogP contribution in [0.15, 0.2) is 0 Å². The molecule has 0 rings (SSSR count). The number of hydrogen-bond donors (Lipinski definition) is 1. The predicted molar refractivity (Wildman–Crippen MR) is 203 cm³/mol. The van der Waals surface area contributed by atoms with Crippen molar-refractivity contribution in [2.75, 3.05) is 46.9 Å². The molecule has 1 unspecified atom stereocenters. The second-order valence-electron chi connectivity index (χ2n) is 12.6. The van der Waals surface area contributed by atoms with Gasteiger partial charge in [-0.3, -0.25) is 9.59 Å². The molecule has 1 N–H and O–H groups in total. The highest BCUT2D eigenvalue weighted by Gasteiger charge is 2.09. The third kappa shape index (κ3) is 118. The smallest absolute Gasteiger partial charge is 0.302 e. The summed E-state index contributed by atoms with van der Waals surface area (Å²) in [5.74, 6) is -0.923. The normalized spacial score (nSPS) is 11.1. The molecule has 0 aliphatic heterocycles. The van der Waals surface area contributed by atoms with E-state index in [0.717, 1.165) is 6.61 Å². The van der Waals surface area contributed by atoms with Crippen LogP contribution in [0, 0.1) is 0 Å². The molecule has 0 saturated carbocycles. The molecule has 13 nitrogen and oxygen atoms in total.